The van der Waals surface area contributed by atoms with Gasteiger partial charge in [0.05, 0.1) is 5.69 Å². The van der Waals surface area contributed by atoms with Crippen LogP contribution < -0.4 is 0 Å². The molecule has 0 aliphatic rings. The maximum absolute atomic E-state index is 6.12. The molecule has 7 rings (SSSR count). The highest BCUT2D eigenvalue weighted by molar-refractivity contribution is 6.27. The van der Waals surface area contributed by atoms with Gasteiger partial charge in [-0.15, -0.1) is 0 Å². The summed E-state index contributed by atoms with van der Waals surface area (Å²) in [6.07, 6.45) is 1.85. The van der Waals surface area contributed by atoms with Crippen molar-refractivity contribution in [3.05, 3.63) is 97.2 Å². The fourth-order valence-electron chi connectivity index (χ4n) is 4.72. The van der Waals surface area contributed by atoms with Gasteiger partial charge in [-0.25, -0.2) is 4.98 Å². The van der Waals surface area contributed by atoms with Crippen LogP contribution in [0.2, 0.25) is 0 Å². The molecule has 0 N–H and O–H groups in total. The molecule has 31 heavy (non-hydrogen) atoms. The predicted octanol–water partition coefficient (Wildman–Crippen LogP) is 7.45. The van der Waals surface area contributed by atoms with Crippen LogP contribution >= 0.6 is 0 Å². The van der Waals surface area contributed by atoms with Gasteiger partial charge in [0.25, 0.3) is 0 Å². The maximum Gasteiger partial charge on any atom is 0.227 e. The van der Waals surface area contributed by atoms with Gasteiger partial charge in [-0.1, -0.05) is 60.7 Å². The van der Waals surface area contributed by atoms with Gasteiger partial charge in [-0.05, 0) is 62.6 Å². The highest BCUT2D eigenvalue weighted by Gasteiger charge is 2.17. The van der Waals surface area contributed by atoms with Gasteiger partial charge < -0.3 is 4.42 Å². The second-order valence-electron chi connectivity index (χ2n) is 7.85. The summed E-state index contributed by atoms with van der Waals surface area (Å²) < 4.78 is 6.12. The number of benzene rings is 5. The summed E-state index contributed by atoms with van der Waals surface area (Å²) in [7, 11) is 0. The smallest absolute Gasteiger partial charge is 0.227 e. The van der Waals surface area contributed by atoms with E-state index in [1.165, 1.54) is 26.9 Å². The van der Waals surface area contributed by atoms with E-state index in [0.717, 1.165) is 33.3 Å². The van der Waals surface area contributed by atoms with Gasteiger partial charge in [-0.2, -0.15) is 0 Å². The fraction of sp³-hybridized carbons (Fsp3) is 0. The van der Waals surface area contributed by atoms with E-state index in [-0.39, 0.29) is 0 Å². The first kappa shape index (κ1) is 16.5. The third-order valence-corrected chi connectivity index (χ3v) is 6.13. The quantitative estimate of drug-likeness (QED) is 0.285. The van der Waals surface area contributed by atoms with Crippen LogP contribution in [-0.4, -0.2) is 9.97 Å². The Labute approximate surface area is 177 Å². The second-order valence-corrected chi connectivity index (χ2v) is 7.85. The third-order valence-electron chi connectivity index (χ3n) is 6.13. The fourth-order valence-corrected chi connectivity index (χ4v) is 4.72. The molecule has 0 atom stereocenters. The van der Waals surface area contributed by atoms with E-state index in [1.807, 2.05) is 42.6 Å². The number of rotatable bonds is 2. The Morgan fingerprint density at radius 1 is 0.581 bits per heavy atom. The SMILES string of the molecule is c1ccc(-c2ccc3ccc4c(-c5nc6ccccc6o5)ccc5ccc2c3c54)nc1. The van der Waals surface area contributed by atoms with Crippen LogP contribution in [-0.2, 0) is 0 Å². The van der Waals surface area contributed by atoms with Crippen molar-refractivity contribution < 1.29 is 4.42 Å². The average Bonchev–Trinajstić information content (AvgIpc) is 3.27. The molecule has 0 aliphatic heterocycles. The number of aromatic nitrogens is 2. The van der Waals surface area contributed by atoms with Crippen molar-refractivity contribution in [2.24, 2.45) is 0 Å². The lowest BCUT2D eigenvalue weighted by molar-refractivity contribution is 0.620. The lowest BCUT2D eigenvalue weighted by Gasteiger charge is -2.15. The van der Waals surface area contributed by atoms with Gasteiger partial charge in [0.1, 0.15) is 5.52 Å². The molecule has 2 aromatic heterocycles. The molecule has 3 nitrogen and oxygen atoms in total. The van der Waals surface area contributed by atoms with Crippen molar-refractivity contribution >= 4 is 43.4 Å². The van der Waals surface area contributed by atoms with E-state index < -0.39 is 0 Å². The molecule has 0 aliphatic carbocycles. The lowest BCUT2D eigenvalue weighted by Crippen LogP contribution is -1.90. The van der Waals surface area contributed by atoms with Crippen LogP contribution in [0.1, 0.15) is 0 Å². The zero-order valence-corrected chi connectivity index (χ0v) is 16.5. The molecule has 0 radical (unpaired) electrons. The van der Waals surface area contributed by atoms with Crippen LogP contribution in [0.15, 0.2) is 102 Å². The van der Waals surface area contributed by atoms with E-state index in [1.54, 1.807) is 0 Å². The zero-order valence-electron chi connectivity index (χ0n) is 16.5. The Balaban J connectivity index is 1.59. The van der Waals surface area contributed by atoms with Crippen molar-refractivity contribution in [2.45, 2.75) is 0 Å². The molecule has 0 amide bonds. The van der Waals surface area contributed by atoms with Crippen molar-refractivity contribution in [1.82, 2.24) is 9.97 Å². The number of fused-ring (bicyclic) bond motifs is 1. The minimum Gasteiger partial charge on any atom is -0.436 e. The van der Waals surface area contributed by atoms with Crippen molar-refractivity contribution in [1.29, 1.82) is 0 Å². The van der Waals surface area contributed by atoms with Crippen LogP contribution in [0.4, 0.5) is 0 Å². The summed E-state index contributed by atoms with van der Waals surface area (Å²) in [4.78, 5) is 9.35. The molecule has 5 aromatic carbocycles. The van der Waals surface area contributed by atoms with Crippen molar-refractivity contribution in [3.8, 4) is 22.7 Å². The van der Waals surface area contributed by atoms with Gasteiger partial charge in [-0.3, -0.25) is 4.98 Å². The minimum absolute atomic E-state index is 0.657. The summed E-state index contributed by atoms with van der Waals surface area (Å²) >= 11 is 0. The highest BCUT2D eigenvalue weighted by atomic mass is 16.3. The topological polar surface area (TPSA) is 38.9 Å². The Morgan fingerprint density at radius 3 is 2.00 bits per heavy atom. The molecule has 0 saturated carbocycles. The number of para-hydroxylation sites is 2. The van der Waals surface area contributed by atoms with Crippen molar-refractivity contribution in [2.75, 3.05) is 0 Å². The molecule has 0 unspecified atom stereocenters. The summed E-state index contributed by atoms with van der Waals surface area (Å²) in [6, 6.07) is 31.4. The van der Waals surface area contributed by atoms with Crippen LogP contribution in [0, 0.1) is 0 Å². The first-order valence-corrected chi connectivity index (χ1v) is 10.3. The van der Waals surface area contributed by atoms with Gasteiger partial charge in [0.2, 0.25) is 5.89 Å². The molecule has 7 aromatic rings. The van der Waals surface area contributed by atoms with E-state index >= 15 is 0 Å². The Kier molecular flexibility index (Phi) is 3.27. The standard InChI is InChI=1S/C28H16N2O/c1-2-7-25-24(6-1)30-28(31-25)22-15-11-18-9-13-20-19(23-5-3-4-16-29-23)12-8-17-10-14-21(22)27(18)26(17)20/h1-16H. The molecule has 0 fully saturated rings. The molecule has 3 heteroatoms. The molecule has 144 valence electrons. The normalized spacial score (nSPS) is 11.9. The van der Waals surface area contributed by atoms with Crippen LogP contribution in [0.25, 0.3) is 66.1 Å². The minimum atomic E-state index is 0.657. The molecule has 2 heterocycles. The Hall–Kier alpha value is -4.24. The summed E-state index contributed by atoms with van der Waals surface area (Å²) in [5.41, 5.74) is 4.83. The van der Waals surface area contributed by atoms with E-state index in [2.05, 4.69) is 59.6 Å². The Bertz CT molecular complexity index is 1700. The number of hydrogen-bond acceptors (Lipinski definition) is 3. The summed E-state index contributed by atoms with van der Waals surface area (Å²) in [5, 5.41) is 7.31. The molecular weight excluding hydrogens is 380 g/mol. The van der Waals surface area contributed by atoms with Gasteiger partial charge >= 0.3 is 0 Å². The first-order chi connectivity index (χ1) is 15.4. The summed E-state index contributed by atoms with van der Waals surface area (Å²) in [6.45, 7) is 0. The summed E-state index contributed by atoms with van der Waals surface area (Å²) in [5.74, 6) is 0.657. The number of oxazole rings is 1. The predicted molar refractivity (Wildman–Crippen MR) is 126 cm³/mol. The number of pyridine rings is 1. The molecule has 0 spiro atoms. The van der Waals surface area contributed by atoms with Gasteiger partial charge in [0.15, 0.2) is 5.58 Å². The number of hydrogen-bond donors (Lipinski definition) is 0. The first-order valence-electron chi connectivity index (χ1n) is 10.3. The molecule has 0 saturated heterocycles. The average molecular weight is 396 g/mol. The Morgan fingerprint density at radius 2 is 1.26 bits per heavy atom. The van der Waals surface area contributed by atoms with Crippen LogP contribution in [0.5, 0.6) is 0 Å². The third kappa shape index (κ3) is 2.34. The van der Waals surface area contributed by atoms with Crippen molar-refractivity contribution in [3.63, 3.8) is 0 Å². The number of nitrogens with zero attached hydrogens (tertiary/aromatic N) is 2. The zero-order chi connectivity index (χ0) is 20.4. The van der Waals surface area contributed by atoms with E-state index in [0.29, 0.717) is 5.89 Å². The second kappa shape index (κ2) is 6.13. The largest absolute Gasteiger partial charge is 0.436 e. The van der Waals surface area contributed by atoms with E-state index in [4.69, 9.17) is 9.40 Å². The lowest BCUT2D eigenvalue weighted by atomic mass is 9.89. The highest BCUT2D eigenvalue weighted by Crippen LogP contribution is 2.42. The van der Waals surface area contributed by atoms with E-state index in [9.17, 15) is 0 Å². The maximum atomic E-state index is 6.12. The van der Waals surface area contributed by atoms with Gasteiger partial charge in [0, 0.05) is 17.3 Å². The molecule has 0 bridgehead atoms. The molecular formula is C28H16N2O. The van der Waals surface area contributed by atoms with Crippen LogP contribution in [0.3, 0.4) is 0 Å². The monoisotopic (exact) mass is 396 g/mol.